The highest BCUT2D eigenvalue weighted by molar-refractivity contribution is 7.80. The summed E-state index contributed by atoms with van der Waals surface area (Å²) < 4.78 is 0. The molecule has 0 saturated heterocycles. The summed E-state index contributed by atoms with van der Waals surface area (Å²) in [6.07, 6.45) is 8.26. The number of rotatable bonds is 2. The molecule has 0 heterocycles. The first-order valence-corrected chi connectivity index (χ1v) is 5.34. The van der Waals surface area contributed by atoms with Gasteiger partial charge in [-0.1, -0.05) is 25.7 Å². The molecule has 1 unspecified atom stereocenters. The fourth-order valence-electron chi connectivity index (χ4n) is 1.89. The zero-order valence-corrected chi connectivity index (χ0v) is 8.02. The van der Waals surface area contributed by atoms with Crippen molar-refractivity contribution in [3.63, 3.8) is 0 Å². The van der Waals surface area contributed by atoms with Gasteiger partial charge in [-0.05, 0) is 18.8 Å². The number of thiol groups is 1. The second-order valence-corrected chi connectivity index (χ2v) is 3.96. The Hall–Kier alpha value is 0.310. The van der Waals surface area contributed by atoms with E-state index >= 15 is 0 Å². The Morgan fingerprint density at radius 2 is 1.73 bits per heavy atom. The standard InChI is InChI=1S/C9H19NS/c10-9(7-11)8-5-3-1-2-4-6-8/h8-9,11H,1-7,10H2. The van der Waals surface area contributed by atoms with Crippen LogP contribution in [0.5, 0.6) is 0 Å². The van der Waals surface area contributed by atoms with Gasteiger partial charge in [-0.2, -0.15) is 12.6 Å². The van der Waals surface area contributed by atoms with E-state index < -0.39 is 0 Å². The van der Waals surface area contributed by atoms with Crippen molar-refractivity contribution < 1.29 is 0 Å². The molecule has 0 radical (unpaired) electrons. The molecule has 1 atom stereocenters. The van der Waals surface area contributed by atoms with Crippen molar-refractivity contribution >= 4 is 12.6 Å². The van der Waals surface area contributed by atoms with E-state index in [1.165, 1.54) is 38.5 Å². The molecular weight excluding hydrogens is 154 g/mol. The lowest BCUT2D eigenvalue weighted by molar-refractivity contribution is 0.398. The summed E-state index contributed by atoms with van der Waals surface area (Å²) in [6, 6.07) is 0.344. The molecular formula is C9H19NS. The van der Waals surface area contributed by atoms with Gasteiger partial charge in [0, 0.05) is 11.8 Å². The minimum absolute atomic E-state index is 0.344. The van der Waals surface area contributed by atoms with Crippen LogP contribution in [0.1, 0.15) is 38.5 Å². The molecule has 1 nitrogen and oxygen atoms in total. The lowest BCUT2D eigenvalue weighted by atomic mass is 9.94. The molecule has 0 aromatic rings. The molecule has 0 aromatic heterocycles. The van der Waals surface area contributed by atoms with Crippen molar-refractivity contribution in [1.29, 1.82) is 0 Å². The molecule has 1 aliphatic rings. The SMILES string of the molecule is NC(CS)C1CCCCCC1. The van der Waals surface area contributed by atoms with E-state index in [4.69, 9.17) is 5.73 Å². The normalized spacial score (nSPS) is 24.5. The fraction of sp³-hybridized carbons (Fsp3) is 1.00. The zero-order chi connectivity index (χ0) is 8.10. The van der Waals surface area contributed by atoms with Crippen LogP contribution in [0.3, 0.4) is 0 Å². The Morgan fingerprint density at radius 1 is 1.18 bits per heavy atom. The maximum atomic E-state index is 5.94. The molecule has 0 bridgehead atoms. The first kappa shape index (κ1) is 9.40. The minimum Gasteiger partial charge on any atom is -0.327 e. The second kappa shape index (κ2) is 5.04. The summed E-state index contributed by atoms with van der Waals surface area (Å²) in [5.74, 6) is 1.61. The van der Waals surface area contributed by atoms with Gasteiger partial charge in [0.25, 0.3) is 0 Å². The molecule has 1 fully saturated rings. The molecule has 1 aliphatic carbocycles. The van der Waals surface area contributed by atoms with E-state index in [9.17, 15) is 0 Å². The summed E-state index contributed by atoms with van der Waals surface area (Å²) in [6.45, 7) is 0. The van der Waals surface area contributed by atoms with Crippen LogP contribution in [0.25, 0.3) is 0 Å². The van der Waals surface area contributed by atoms with E-state index in [0.29, 0.717) is 6.04 Å². The summed E-state index contributed by atoms with van der Waals surface area (Å²) >= 11 is 4.24. The Labute approximate surface area is 75.1 Å². The van der Waals surface area contributed by atoms with E-state index in [2.05, 4.69) is 12.6 Å². The van der Waals surface area contributed by atoms with Gasteiger partial charge in [0.15, 0.2) is 0 Å². The minimum atomic E-state index is 0.344. The van der Waals surface area contributed by atoms with Crippen molar-refractivity contribution in [1.82, 2.24) is 0 Å². The van der Waals surface area contributed by atoms with Crippen molar-refractivity contribution in [2.45, 2.75) is 44.6 Å². The smallest absolute Gasteiger partial charge is 0.0156 e. The largest absolute Gasteiger partial charge is 0.327 e. The Kier molecular flexibility index (Phi) is 4.31. The topological polar surface area (TPSA) is 26.0 Å². The molecule has 2 N–H and O–H groups in total. The van der Waals surface area contributed by atoms with Crippen LogP contribution in [0, 0.1) is 5.92 Å². The molecule has 0 aromatic carbocycles. The van der Waals surface area contributed by atoms with Gasteiger partial charge in [-0.25, -0.2) is 0 Å². The molecule has 1 rings (SSSR count). The third-order valence-corrected chi connectivity index (χ3v) is 3.14. The summed E-state index contributed by atoms with van der Waals surface area (Å²) in [5, 5.41) is 0. The first-order valence-electron chi connectivity index (χ1n) is 4.71. The maximum absolute atomic E-state index is 5.94. The molecule has 2 heteroatoms. The Bertz CT molecular complexity index is 97.7. The zero-order valence-electron chi connectivity index (χ0n) is 7.13. The van der Waals surface area contributed by atoms with Crippen LogP contribution < -0.4 is 5.73 Å². The van der Waals surface area contributed by atoms with Gasteiger partial charge in [-0.15, -0.1) is 0 Å². The van der Waals surface area contributed by atoms with Crippen LogP contribution in [-0.2, 0) is 0 Å². The quantitative estimate of drug-likeness (QED) is 0.486. The van der Waals surface area contributed by atoms with E-state index in [1.807, 2.05) is 0 Å². The van der Waals surface area contributed by atoms with Crippen LogP contribution in [0.4, 0.5) is 0 Å². The van der Waals surface area contributed by atoms with Gasteiger partial charge in [-0.3, -0.25) is 0 Å². The Morgan fingerprint density at radius 3 is 2.18 bits per heavy atom. The van der Waals surface area contributed by atoms with Gasteiger partial charge in [0.05, 0.1) is 0 Å². The monoisotopic (exact) mass is 173 g/mol. The van der Waals surface area contributed by atoms with Crippen molar-refractivity contribution in [3.8, 4) is 0 Å². The van der Waals surface area contributed by atoms with Crippen molar-refractivity contribution in [2.24, 2.45) is 11.7 Å². The number of hydrogen-bond donors (Lipinski definition) is 2. The van der Waals surface area contributed by atoms with E-state index in [1.54, 1.807) is 0 Å². The average Bonchev–Trinajstić information content (AvgIpc) is 2.30. The van der Waals surface area contributed by atoms with Crippen LogP contribution >= 0.6 is 12.6 Å². The van der Waals surface area contributed by atoms with Gasteiger partial charge < -0.3 is 5.73 Å². The molecule has 0 aliphatic heterocycles. The average molecular weight is 173 g/mol. The third kappa shape index (κ3) is 3.04. The van der Waals surface area contributed by atoms with Gasteiger partial charge in [0.1, 0.15) is 0 Å². The fourth-order valence-corrected chi connectivity index (χ4v) is 2.19. The maximum Gasteiger partial charge on any atom is 0.0156 e. The van der Waals surface area contributed by atoms with Crippen LogP contribution in [-0.4, -0.2) is 11.8 Å². The summed E-state index contributed by atoms with van der Waals surface area (Å²) in [7, 11) is 0. The predicted molar refractivity (Wildman–Crippen MR) is 53.0 cm³/mol. The molecule has 66 valence electrons. The van der Waals surface area contributed by atoms with Crippen molar-refractivity contribution in [3.05, 3.63) is 0 Å². The Balaban J connectivity index is 2.30. The highest BCUT2D eigenvalue weighted by Crippen LogP contribution is 2.24. The van der Waals surface area contributed by atoms with Gasteiger partial charge >= 0.3 is 0 Å². The number of hydrogen-bond acceptors (Lipinski definition) is 2. The van der Waals surface area contributed by atoms with Crippen LogP contribution in [0.15, 0.2) is 0 Å². The van der Waals surface area contributed by atoms with E-state index in [0.717, 1.165) is 11.7 Å². The lowest BCUT2D eigenvalue weighted by Gasteiger charge is -2.19. The molecule has 0 spiro atoms. The van der Waals surface area contributed by atoms with E-state index in [-0.39, 0.29) is 0 Å². The number of nitrogens with two attached hydrogens (primary N) is 1. The molecule has 0 amide bonds. The first-order chi connectivity index (χ1) is 5.34. The highest BCUT2D eigenvalue weighted by atomic mass is 32.1. The molecule has 11 heavy (non-hydrogen) atoms. The van der Waals surface area contributed by atoms with Gasteiger partial charge in [0.2, 0.25) is 0 Å². The van der Waals surface area contributed by atoms with Crippen molar-refractivity contribution in [2.75, 3.05) is 5.75 Å². The highest BCUT2D eigenvalue weighted by Gasteiger charge is 2.17. The second-order valence-electron chi connectivity index (χ2n) is 3.60. The summed E-state index contributed by atoms with van der Waals surface area (Å²) in [5.41, 5.74) is 5.94. The molecule has 1 saturated carbocycles. The third-order valence-electron chi connectivity index (χ3n) is 2.72. The lowest BCUT2D eigenvalue weighted by Crippen LogP contribution is -2.31. The summed E-state index contributed by atoms with van der Waals surface area (Å²) in [4.78, 5) is 0. The predicted octanol–water partition coefficient (Wildman–Crippen LogP) is 2.21. The van der Waals surface area contributed by atoms with Crippen LogP contribution in [0.2, 0.25) is 0 Å².